The van der Waals surface area contributed by atoms with Gasteiger partial charge in [-0.05, 0) is 38.4 Å². The van der Waals surface area contributed by atoms with Gasteiger partial charge in [-0.3, -0.25) is 4.79 Å². The first-order valence-corrected chi connectivity index (χ1v) is 10.1. The highest BCUT2D eigenvalue weighted by molar-refractivity contribution is 7.89. The van der Waals surface area contributed by atoms with Crippen molar-refractivity contribution in [3.8, 4) is 0 Å². The average molecular weight is 366 g/mol. The quantitative estimate of drug-likeness (QED) is 0.754. The molecule has 0 saturated carbocycles. The van der Waals surface area contributed by atoms with Gasteiger partial charge in [-0.25, -0.2) is 8.42 Å². The number of hydrogen-bond acceptors (Lipinski definition) is 5. The Morgan fingerprint density at radius 3 is 1.80 bits per heavy atom. The van der Waals surface area contributed by atoms with Gasteiger partial charge >= 0.3 is 0 Å². The summed E-state index contributed by atoms with van der Waals surface area (Å²) in [7, 11) is 0.545. The van der Waals surface area contributed by atoms with Crippen LogP contribution in [0.1, 0.15) is 10.4 Å². The van der Waals surface area contributed by atoms with Crippen molar-refractivity contribution in [2.45, 2.75) is 4.90 Å². The van der Waals surface area contributed by atoms with Gasteiger partial charge < -0.3 is 14.7 Å². The Bertz CT molecular complexity index is 704. The molecule has 2 fully saturated rings. The van der Waals surface area contributed by atoms with Gasteiger partial charge in [-0.2, -0.15) is 4.31 Å². The molecule has 3 rings (SSSR count). The Hall–Kier alpha value is -1.48. The van der Waals surface area contributed by atoms with E-state index in [0.29, 0.717) is 31.7 Å². The molecule has 138 valence electrons. The molecule has 8 heteroatoms. The summed E-state index contributed by atoms with van der Waals surface area (Å²) in [4.78, 5) is 18.9. The van der Waals surface area contributed by atoms with E-state index in [1.54, 1.807) is 24.3 Å². The predicted octanol–water partition coefficient (Wildman–Crippen LogP) is 0.0103. The molecule has 2 saturated heterocycles. The molecule has 0 spiro atoms. The SMILES string of the molecule is CN1CCN(C(=O)c2ccc(S(=O)(=O)N3CCN(C)CC3)cc2)CC1. The smallest absolute Gasteiger partial charge is 0.253 e. The molecule has 0 atom stereocenters. The van der Waals surface area contributed by atoms with Crippen LogP contribution in [-0.4, -0.2) is 99.8 Å². The number of hydrogen-bond donors (Lipinski definition) is 0. The van der Waals surface area contributed by atoms with E-state index in [1.807, 2.05) is 19.0 Å². The van der Waals surface area contributed by atoms with Crippen molar-refractivity contribution in [2.75, 3.05) is 66.5 Å². The normalized spacial score (nSPS) is 21.4. The van der Waals surface area contributed by atoms with Gasteiger partial charge in [-0.15, -0.1) is 0 Å². The minimum absolute atomic E-state index is 0.0309. The molecule has 0 aromatic heterocycles. The van der Waals surface area contributed by atoms with Crippen LogP contribution in [0, 0.1) is 0 Å². The number of amides is 1. The average Bonchev–Trinajstić information content (AvgIpc) is 2.62. The summed E-state index contributed by atoms with van der Waals surface area (Å²) < 4.78 is 27.0. The summed E-state index contributed by atoms with van der Waals surface area (Å²) in [6, 6.07) is 6.36. The standard InChI is InChI=1S/C17H26N4O3S/c1-18-7-11-20(12-8-18)17(22)15-3-5-16(6-4-15)25(23,24)21-13-9-19(2)10-14-21/h3-6H,7-14H2,1-2H3. The largest absolute Gasteiger partial charge is 0.336 e. The lowest BCUT2D eigenvalue weighted by molar-refractivity contribution is 0.0664. The first kappa shape index (κ1) is 18.3. The summed E-state index contributed by atoms with van der Waals surface area (Å²) in [5, 5.41) is 0. The number of likely N-dealkylation sites (N-methyl/N-ethyl adjacent to an activating group) is 2. The lowest BCUT2D eigenvalue weighted by Gasteiger charge is -2.32. The maximum Gasteiger partial charge on any atom is 0.253 e. The van der Waals surface area contributed by atoms with Gasteiger partial charge in [0.1, 0.15) is 0 Å². The van der Waals surface area contributed by atoms with Crippen LogP contribution in [0.5, 0.6) is 0 Å². The summed E-state index contributed by atoms with van der Waals surface area (Å²) in [5.41, 5.74) is 0.543. The molecule has 0 N–H and O–H groups in total. The number of nitrogens with zero attached hydrogens (tertiary/aromatic N) is 4. The monoisotopic (exact) mass is 366 g/mol. The zero-order chi connectivity index (χ0) is 18.0. The highest BCUT2D eigenvalue weighted by Crippen LogP contribution is 2.19. The summed E-state index contributed by atoms with van der Waals surface area (Å²) >= 11 is 0. The van der Waals surface area contributed by atoms with Gasteiger partial charge in [0, 0.05) is 57.9 Å². The van der Waals surface area contributed by atoms with Crippen LogP contribution in [0.3, 0.4) is 0 Å². The van der Waals surface area contributed by atoms with E-state index in [9.17, 15) is 13.2 Å². The Labute approximate surface area is 149 Å². The van der Waals surface area contributed by atoms with Gasteiger partial charge in [0.15, 0.2) is 0 Å². The van der Waals surface area contributed by atoms with Crippen molar-refractivity contribution < 1.29 is 13.2 Å². The maximum atomic E-state index is 12.7. The molecule has 1 aromatic carbocycles. The van der Waals surface area contributed by atoms with E-state index >= 15 is 0 Å². The van der Waals surface area contributed by atoms with Gasteiger partial charge in [0.25, 0.3) is 5.91 Å². The van der Waals surface area contributed by atoms with E-state index in [2.05, 4.69) is 9.80 Å². The van der Waals surface area contributed by atoms with E-state index in [-0.39, 0.29) is 10.8 Å². The highest BCUT2D eigenvalue weighted by atomic mass is 32.2. The predicted molar refractivity (Wildman–Crippen MR) is 96.1 cm³/mol. The Morgan fingerprint density at radius 1 is 0.800 bits per heavy atom. The molecule has 0 radical (unpaired) electrons. The van der Waals surface area contributed by atoms with Gasteiger partial charge in [0.05, 0.1) is 4.90 Å². The second-order valence-electron chi connectivity index (χ2n) is 6.83. The minimum atomic E-state index is -3.48. The van der Waals surface area contributed by atoms with Crippen LogP contribution in [0.2, 0.25) is 0 Å². The van der Waals surface area contributed by atoms with Crippen molar-refractivity contribution >= 4 is 15.9 Å². The van der Waals surface area contributed by atoms with E-state index in [1.165, 1.54) is 4.31 Å². The number of rotatable bonds is 3. The van der Waals surface area contributed by atoms with E-state index < -0.39 is 10.0 Å². The van der Waals surface area contributed by atoms with Crippen LogP contribution < -0.4 is 0 Å². The van der Waals surface area contributed by atoms with E-state index in [0.717, 1.165) is 26.2 Å². The minimum Gasteiger partial charge on any atom is -0.336 e. The zero-order valence-electron chi connectivity index (χ0n) is 14.9. The van der Waals surface area contributed by atoms with E-state index in [4.69, 9.17) is 0 Å². The van der Waals surface area contributed by atoms with Crippen LogP contribution in [0.25, 0.3) is 0 Å². The molecule has 2 heterocycles. The molecule has 2 aliphatic heterocycles. The lowest BCUT2D eigenvalue weighted by atomic mass is 10.2. The second-order valence-corrected chi connectivity index (χ2v) is 8.77. The molecule has 0 bridgehead atoms. The molecule has 0 aliphatic carbocycles. The third kappa shape index (κ3) is 4.03. The Kier molecular flexibility index (Phi) is 5.43. The van der Waals surface area contributed by atoms with Crippen molar-refractivity contribution in [2.24, 2.45) is 0 Å². The second kappa shape index (κ2) is 7.41. The van der Waals surface area contributed by atoms with Crippen molar-refractivity contribution in [1.29, 1.82) is 0 Å². The molecule has 1 aromatic rings. The number of piperazine rings is 2. The summed E-state index contributed by atoms with van der Waals surface area (Å²) in [6.45, 7) is 5.61. The Balaban J connectivity index is 1.70. The molecular formula is C17H26N4O3S. The highest BCUT2D eigenvalue weighted by Gasteiger charge is 2.28. The first-order valence-electron chi connectivity index (χ1n) is 8.64. The van der Waals surface area contributed by atoms with Crippen molar-refractivity contribution in [1.82, 2.24) is 19.0 Å². The third-order valence-corrected chi connectivity index (χ3v) is 6.90. The van der Waals surface area contributed by atoms with Crippen molar-refractivity contribution in [3.05, 3.63) is 29.8 Å². The van der Waals surface area contributed by atoms with Gasteiger partial charge in [-0.1, -0.05) is 0 Å². The number of sulfonamides is 1. The number of carbonyl (C=O) groups is 1. The van der Waals surface area contributed by atoms with Crippen LogP contribution in [-0.2, 0) is 10.0 Å². The molecular weight excluding hydrogens is 340 g/mol. The molecule has 2 aliphatic rings. The Morgan fingerprint density at radius 2 is 1.28 bits per heavy atom. The third-order valence-electron chi connectivity index (χ3n) is 4.99. The fourth-order valence-electron chi connectivity index (χ4n) is 3.14. The molecule has 1 amide bonds. The summed E-state index contributed by atoms with van der Waals surface area (Å²) in [6.07, 6.45) is 0. The summed E-state index contributed by atoms with van der Waals surface area (Å²) in [5.74, 6) is -0.0309. The number of carbonyl (C=O) groups excluding carboxylic acids is 1. The van der Waals surface area contributed by atoms with Crippen molar-refractivity contribution in [3.63, 3.8) is 0 Å². The molecule has 25 heavy (non-hydrogen) atoms. The molecule has 7 nitrogen and oxygen atoms in total. The van der Waals surface area contributed by atoms with Crippen LogP contribution >= 0.6 is 0 Å². The molecule has 0 unspecified atom stereocenters. The van der Waals surface area contributed by atoms with Crippen LogP contribution in [0.4, 0.5) is 0 Å². The fraction of sp³-hybridized carbons (Fsp3) is 0.588. The number of benzene rings is 1. The topological polar surface area (TPSA) is 64.2 Å². The zero-order valence-corrected chi connectivity index (χ0v) is 15.7. The lowest BCUT2D eigenvalue weighted by Crippen LogP contribution is -2.47. The van der Waals surface area contributed by atoms with Crippen LogP contribution in [0.15, 0.2) is 29.2 Å². The maximum absolute atomic E-state index is 12.7. The first-order chi connectivity index (χ1) is 11.9. The fourth-order valence-corrected chi connectivity index (χ4v) is 4.56. The van der Waals surface area contributed by atoms with Gasteiger partial charge in [0.2, 0.25) is 10.0 Å².